The van der Waals surface area contributed by atoms with Crippen molar-refractivity contribution in [1.29, 1.82) is 0 Å². The molecule has 0 atom stereocenters. The van der Waals surface area contributed by atoms with Gasteiger partial charge in [0.25, 0.3) is 0 Å². The molecule has 0 spiro atoms. The van der Waals surface area contributed by atoms with Crippen molar-refractivity contribution in [2.75, 3.05) is 0 Å². The quantitative estimate of drug-likeness (QED) is 0.842. The summed E-state index contributed by atoms with van der Waals surface area (Å²) in [4.78, 5) is 11.2. The van der Waals surface area contributed by atoms with E-state index in [0.29, 0.717) is 0 Å². The Morgan fingerprint density at radius 2 is 1.94 bits per heavy atom. The smallest absolute Gasteiger partial charge is 0.309 e. The minimum Gasteiger partial charge on any atom is -0.481 e. The van der Waals surface area contributed by atoms with Crippen molar-refractivity contribution in [3.05, 3.63) is 35.4 Å². The number of carboxylic acid groups (broad SMARTS) is 1. The molecule has 1 aromatic rings. The van der Waals surface area contributed by atoms with Crippen LogP contribution in [0.3, 0.4) is 0 Å². The van der Waals surface area contributed by atoms with Gasteiger partial charge >= 0.3 is 5.97 Å². The molecule has 1 aliphatic carbocycles. The molecular weight excluding hydrogens is 200 g/mol. The van der Waals surface area contributed by atoms with Gasteiger partial charge in [-0.15, -0.1) is 0 Å². The Balaban J connectivity index is 1.96. The van der Waals surface area contributed by atoms with Gasteiger partial charge in [-0.3, -0.25) is 4.79 Å². The first kappa shape index (κ1) is 11.2. The predicted molar refractivity (Wildman–Crippen MR) is 63.4 cm³/mol. The third-order valence-corrected chi connectivity index (χ3v) is 3.78. The summed E-state index contributed by atoms with van der Waals surface area (Å²) in [5.41, 5.74) is 2.09. The Labute approximate surface area is 96.3 Å². The van der Waals surface area contributed by atoms with Crippen LogP contribution in [0.2, 0.25) is 0 Å². The zero-order valence-electron chi connectivity index (χ0n) is 9.70. The first-order chi connectivity index (χ1) is 7.62. The summed E-state index contributed by atoms with van der Waals surface area (Å²) in [5, 5.41) is 9.21. The van der Waals surface area contributed by atoms with Crippen LogP contribution in [0, 0.1) is 12.3 Å². The van der Waals surface area contributed by atoms with E-state index >= 15 is 0 Å². The molecule has 0 amide bonds. The van der Waals surface area contributed by atoms with E-state index in [2.05, 4.69) is 31.2 Å². The number of carbonyl (C=O) groups is 1. The van der Waals surface area contributed by atoms with Crippen molar-refractivity contribution in [1.82, 2.24) is 0 Å². The van der Waals surface area contributed by atoms with Crippen molar-refractivity contribution in [2.45, 2.75) is 39.0 Å². The molecule has 2 heteroatoms. The molecule has 1 fully saturated rings. The normalized spacial score (nSPS) is 17.8. The Hall–Kier alpha value is -1.31. The number of hydrogen-bond donors (Lipinski definition) is 1. The fraction of sp³-hybridized carbons (Fsp3) is 0.500. The van der Waals surface area contributed by atoms with Crippen molar-refractivity contribution < 1.29 is 9.90 Å². The van der Waals surface area contributed by atoms with Crippen LogP contribution in [-0.2, 0) is 11.2 Å². The zero-order valence-corrected chi connectivity index (χ0v) is 9.70. The standard InChI is InChI=1S/C14H18O2/c1-11-3-5-12(6-4-11)7-10-14(13(15)16)8-2-9-14/h3-6H,2,7-10H2,1H3,(H,15,16). The van der Waals surface area contributed by atoms with Crippen LogP contribution in [0.15, 0.2) is 24.3 Å². The summed E-state index contributed by atoms with van der Waals surface area (Å²) in [6.07, 6.45) is 4.45. The summed E-state index contributed by atoms with van der Waals surface area (Å²) in [5.74, 6) is -0.606. The summed E-state index contributed by atoms with van der Waals surface area (Å²) in [6.45, 7) is 2.06. The number of hydrogen-bond acceptors (Lipinski definition) is 1. The van der Waals surface area contributed by atoms with Gasteiger partial charge in [0.2, 0.25) is 0 Å². The highest BCUT2D eigenvalue weighted by Crippen LogP contribution is 2.44. The van der Waals surface area contributed by atoms with E-state index in [1.807, 2.05) is 0 Å². The van der Waals surface area contributed by atoms with Crippen LogP contribution in [-0.4, -0.2) is 11.1 Å². The number of aryl methyl sites for hydroxylation is 2. The molecule has 0 saturated heterocycles. The molecule has 1 saturated carbocycles. The first-order valence-electron chi connectivity index (χ1n) is 5.91. The molecule has 16 heavy (non-hydrogen) atoms. The molecule has 0 heterocycles. The lowest BCUT2D eigenvalue weighted by molar-refractivity contribution is -0.155. The highest BCUT2D eigenvalue weighted by molar-refractivity contribution is 5.75. The molecule has 0 aromatic heterocycles. The third-order valence-electron chi connectivity index (χ3n) is 3.78. The maximum Gasteiger partial charge on any atom is 0.309 e. The van der Waals surface area contributed by atoms with Crippen molar-refractivity contribution in [3.63, 3.8) is 0 Å². The number of benzene rings is 1. The summed E-state index contributed by atoms with van der Waals surface area (Å²) in [7, 11) is 0. The monoisotopic (exact) mass is 218 g/mol. The molecule has 0 bridgehead atoms. The second kappa shape index (κ2) is 4.28. The molecule has 1 N–H and O–H groups in total. The molecule has 86 valence electrons. The van der Waals surface area contributed by atoms with Crippen molar-refractivity contribution in [2.24, 2.45) is 5.41 Å². The van der Waals surface area contributed by atoms with Gasteiger partial charge in [0.05, 0.1) is 5.41 Å². The van der Waals surface area contributed by atoms with Crippen LogP contribution < -0.4 is 0 Å². The van der Waals surface area contributed by atoms with Gasteiger partial charge in [-0.1, -0.05) is 36.2 Å². The number of rotatable bonds is 4. The van der Waals surface area contributed by atoms with Gasteiger partial charge in [-0.25, -0.2) is 0 Å². The number of carboxylic acids is 1. The Morgan fingerprint density at radius 1 is 1.31 bits per heavy atom. The maximum atomic E-state index is 11.2. The fourth-order valence-electron chi connectivity index (χ4n) is 2.31. The maximum absolute atomic E-state index is 11.2. The van der Waals surface area contributed by atoms with Crippen LogP contribution in [0.25, 0.3) is 0 Å². The summed E-state index contributed by atoms with van der Waals surface area (Å²) < 4.78 is 0. The second-order valence-corrected chi connectivity index (χ2v) is 4.92. The van der Waals surface area contributed by atoms with E-state index in [1.165, 1.54) is 11.1 Å². The van der Waals surface area contributed by atoms with Crippen molar-refractivity contribution >= 4 is 5.97 Å². The molecule has 1 aliphatic rings. The number of aliphatic carboxylic acids is 1. The molecule has 0 unspecified atom stereocenters. The highest BCUT2D eigenvalue weighted by Gasteiger charge is 2.43. The van der Waals surface area contributed by atoms with Gasteiger partial charge < -0.3 is 5.11 Å². The topological polar surface area (TPSA) is 37.3 Å². The predicted octanol–water partition coefficient (Wildman–Crippen LogP) is 3.18. The van der Waals surface area contributed by atoms with Gasteiger partial charge in [-0.2, -0.15) is 0 Å². The highest BCUT2D eigenvalue weighted by atomic mass is 16.4. The lowest BCUT2D eigenvalue weighted by Crippen LogP contribution is -2.38. The molecule has 2 rings (SSSR count). The Bertz CT molecular complexity index is 374. The van der Waals surface area contributed by atoms with Crippen LogP contribution >= 0.6 is 0 Å². The average molecular weight is 218 g/mol. The second-order valence-electron chi connectivity index (χ2n) is 4.92. The van der Waals surface area contributed by atoms with Gasteiger partial charge in [0.15, 0.2) is 0 Å². The third kappa shape index (κ3) is 2.11. The zero-order chi connectivity index (χ0) is 11.6. The average Bonchev–Trinajstić information content (AvgIpc) is 2.18. The summed E-state index contributed by atoms with van der Waals surface area (Å²) >= 11 is 0. The van der Waals surface area contributed by atoms with E-state index in [-0.39, 0.29) is 0 Å². The van der Waals surface area contributed by atoms with E-state index in [0.717, 1.165) is 32.1 Å². The minimum absolute atomic E-state index is 0.412. The Morgan fingerprint density at radius 3 is 2.38 bits per heavy atom. The molecule has 0 aliphatic heterocycles. The van der Waals surface area contributed by atoms with Gasteiger partial charge in [-0.05, 0) is 38.2 Å². The Kier molecular flexibility index (Phi) is 2.99. The van der Waals surface area contributed by atoms with Crippen LogP contribution in [0.1, 0.15) is 36.8 Å². The molecular formula is C14H18O2. The lowest BCUT2D eigenvalue weighted by Gasteiger charge is -2.37. The summed E-state index contributed by atoms with van der Waals surface area (Å²) in [6, 6.07) is 8.38. The van der Waals surface area contributed by atoms with E-state index in [1.54, 1.807) is 0 Å². The molecule has 2 nitrogen and oxygen atoms in total. The molecule has 0 radical (unpaired) electrons. The first-order valence-corrected chi connectivity index (χ1v) is 5.91. The van der Waals surface area contributed by atoms with E-state index in [9.17, 15) is 9.90 Å². The van der Waals surface area contributed by atoms with Gasteiger partial charge in [0.1, 0.15) is 0 Å². The SMILES string of the molecule is Cc1ccc(CCC2(C(=O)O)CCC2)cc1. The van der Waals surface area contributed by atoms with Crippen molar-refractivity contribution in [3.8, 4) is 0 Å². The van der Waals surface area contributed by atoms with Crippen LogP contribution in [0.5, 0.6) is 0 Å². The van der Waals surface area contributed by atoms with E-state index < -0.39 is 11.4 Å². The fourth-order valence-corrected chi connectivity index (χ4v) is 2.31. The van der Waals surface area contributed by atoms with E-state index in [4.69, 9.17) is 0 Å². The van der Waals surface area contributed by atoms with Gasteiger partial charge in [0, 0.05) is 0 Å². The molecule has 1 aromatic carbocycles. The van der Waals surface area contributed by atoms with Crippen LogP contribution in [0.4, 0.5) is 0 Å². The lowest BCUT2D eigenvalue weighted by atomic mass is 9.66. The largest absolute Gasteiger partial charge is 0.481 e. The minimum atomic E-state index is -0.606.